The van der Waals surface area contributed by atoms with Gasteiger partial charge in [0.25, 0.3) is 0 Å². The quantitative estimate of drug-likeness (QED) is 0.806. The lowest BCUT2D eigenvalue weighted by Crippen LogP contribution is -2.07. The largest absolute Gasteiger partial charge is 0.507 e. The Kier molecular flexibility index (Phi) is 4.17. The lowest BCUT2D eigenvalue weighted by Gasteiger charge is -2.11. The maximum atomic E-state index is 10.8. The molecule has 0 saturated heterocycles. The molecular formula is C12H16O4. The summed E-state index contributed by atoms with van der Waals surface area (Å²) >= 11 is 0. The van der Waals surface area contributed by atoms with Crippen molar-refractivity contribution in [2.75, 3.05) is 6.61 Å². The molecule has 0 aliphatic rings. The molecule has 2 N–H and O–H groups in total. The van der Waals surface area contributed by atoms with Crippen LogP contribution >= 0.6 is 0 Å². The van der Waals surface area contributed by atoms with Gasteiger partial charge < -0.3 is 14.9 Å². The standard InChI is InChI=1S/C12H16O4/c1-3-8(2)7-16-9-4-5-11(13)10(6-9)12(14)15/h4-6,8,13H,3,7H2,1-2H3,(H,14,15). The smallest absolute Gasteiger partial charge is 0.339 e. The van der Waals surface area contributed by atoms with Gasteiger partial charge in [0, 0.05) is 0 Å². The van der Waals surface area contributed by atoms with Crippen LogP contribution in [0.4, 0.5) is 0 Å². The average molecular weight is 224 g/mol. The van der Waals surface area contributed by atoms with Crippen molar-refractivity contribution >= 4 is 5.97 Å². The number of hydrogen-bond donors (Lipinski definition) is 2. The second-order valence-electron chi connectivity index (χ2n) is 3.81. The van der Waals surface area contributed by atoms with E-state index in [0.29, 0.717) is 18.3 Å². The average Bonchev–Trinajstić information content (AvgIpc) is 2.27. The molecule has 0 aromatic heterocycles. The second kappa shape index (κ2) is 5.39. The molecule has 1 rings (SSSR count). The van der Waals surface area contributed by atoms with E-state index in [2.05, 4.69) is 13.8 Å². The lowest BCUT2D eigenvalue weighted by atomic mass is 10.1. The van der Waals surface area contributed by atoms with Crippen molar-refractivity contribution < 1.29 is 19.7 Å². The van der Waals surface area contributed by atoms with Crippen LogP contribution in [0.15, 0.2) is 18.2 Å². The molecule has 0 aliphatic carbocycles. The van der Waals surface area contributed by atoms with Gasteiger partial charge in [0.2, 0.25) is 0 Å². The Morgan fingerprint density at radius 2 is 2.19 bits per heavy atom. The number of carboxylic acid groups (broad SMARTS) is 1. The Morgan fingerprint density at radius 1 is 1.50 bits per heavy atom. The highest BCUT2D eigenvalue weighted by Crippen LogP contribution is 2.23. The molecule has 1 atom stereocenters. The predicted molar refractivity (Wildman–Crippen MR) is 60.0 cm³/mol. The van der Waals surface area contributed by atoms with Crippen molar-refractivity contribution in [3.05, 3.63) is 23.8 Å². The summed E-state index contributed by atoms with van der Waals surface area (Å²) in [4.78, 5) is 10.8. The first-order valence-corrected chi connectivity index (χ1v) is 5.23. The molecule has 0 saturated carbocycles. The molecule has 1 aromatic carbocycles. The number of benzene rings is 1. The van der Waals surface area contributed by atoms with Gasteiger partial charge in [-0.15, -0.1) is 0 Å². The zero-order chi connectivity index (χ0) is 12.1. The van der Waals surface area contributed by atoms with E-state index >= 15 is 0 Å². The highest BCUT2D eigenvalue weighted by Gasteiger charge is 2.11. The van der Waals surface area contributed by atoms with E-state index in [0.717, 1.165) is 6.42 Å². The maximum Gasteiger partial charge on any atom is 0.339 e. The van der Waals surface area contributed by atoms with Crippen molar-refractivity contribution in [2.24, 2.45) is 5.92 Å². The first kappa shape index (κ1) is 12.4. The fourth-order valence-corrected chi connectivity index (χ4v) is 1.13. The van der Waals surface area contributed by atoms with E-state index in [1.54, 1.807) is 6.07 Å². The molecule has 0 bridgehead atoms. The Bertz CT molecular complexity index is 373. The summed E-state index contributed by atoms with van der Waals surface area (Å²) in [6.45, 7) is 4.66. The van der Waals surface area contributed by atoms with Crippen LogP contribution in [-0.4, -0.2) is 22.8 Å². The topological polar surface area (TPSA) is 66.8 Å². The fourth-order valence-electron chi connectivity index (χ4n) is 1.13. The number of aromatic carboxylic acids is 1. The highest BCUT2D eigenvalue weighted by molar-refractivity contribution is 5.91. The minimum atomic E-state index is -1.16. The summed E-state index contributed by atoms with van der Waals surface area (Å²) in [5, 5.41) is 18.1. The van der Waals surface area contributed by atoms with Crippen LogP contribution in [0.25, 0.3) is 0 Å². The molecule has 1 aromatic rings. The Labute approximate surface area is 94.5 Å². The Morgan fingerprint density at radius 3 is 2.75 bits per heavy atom. The van der Waals surface area contributed by atoms with Crippen molar-refractivity contribution in [2.45, 2.75) is 20.3 Å². The minimum absolute atomic E-state index is 0.137. The Balaban J connectivity index is 2.75. The summed E-state index contributed by atoms with van der Waals surface area (Å²) in [7, 11) is 0. The molecule has 0 radical (unpaired) electrons. The molecular weight excluding hydrogens is 208 g/mol. The third kappa shape index (κ3) is 3.15. The Hall–Kier alpha value is -1.71. The molecule has 0 heterocycles. The summed E-state index contributed by atoms with van der Waals surface area (Å²) in [6.07, 6.45) is 1.00. The summed E-state index contributed by atoms with van der Waals surface area (Å²) < 4.78 is 5.43. The number of aromatic hydroxyl groups is 1. The number of hydrogen-bond acceptors (Lipinski definition) is 3. The van der Waals surface area contributed by atoms with E-state index in [9.17, 15) is 9.90 Å². The van der Waals surface area contributed by atoms with Crippen molar-refractivity contribution in [1.29, 1.82) is 0 Å². The van der Waals surface area contributed by atoms with E-state index in [-0.39, 0.29) is 11.3 Å². The van der Waals surface area contributed by atoms with Crippen LogP contribution in [0, 0.1) is 5.92 Å². The van der Waals surface area contributed by atoms with Crippen molar-refractivity contribution in [1.82, 2.24) is 0 Å². The molecule has 4 heteroatoms. The summed E-state index contributed by atoms with van der Waals surface area (Å²) in [5.74, 6) is -0.521. The molecule has 0 aliphatic heterocycles. The fraction of sp³-hybridized carbons (Fsp3) is 0.417. The minimum Gasteiger partial charge on any atom is -0.507 e. The lowest BCUT2D eigenvalue weighted by molar-refractivity contribution is 0.0693. The van der Waals surface area contributed by atoms with Crippen molar-refractivity contribution in [3.63, 3.8) is 0 Å². The zero-order valence-corrected chi connectivity index (χ0v) is 9.43. The van der Waals surface area contributed by atoms with E-state index in [1.807, 2.05) is 0 Å². The van der Waals surface area contributed by atoms with Gasteiger partial charge in [0.15, 0.2) is 0 Å². The molecule has 0 fully saturated rings. The van der Waals surface area contributed by atoms with Crippen LogP contribution < -0.4 is 4.74 Å². The monoisotopic (exact) mass is 224 g/mol. The van der Waals surface area contributed by atoms with E-state index in [4.69, 9.17) is 9.84 Å². The second-order valence-corrected chi connectivity index (χ2v) is 3.81. The van der Waals surface area contributed by atoms with Gasteiger partial charge in [0.05, 0.1) is 6.61 Å². The number of carboxylic acids is 1. The summed E-state index contributed by atoms with van der Waals surface area (Å²) in [6, 6.07) is 4.22. The van der Waals surface area contributed by atoms with Crippen molar-refractivity contribution in [3.8, 4) is 11.5 Å². The maximum absolute atomic E-state index is 10.8. The van der Waals surface area contributed by atoms with Gasteiger partial charge in [-0.25, -0.2) is 4.79 Å². The predicted octanol–water partition coefficient (Wildman–Crippen LogP) is 2.52. The van der Waals surface area contributed by atoms with Gasteiger partial charge in [-0.1, -0.05) is 20.3 Å². The van der Waals surface area contributed by atoms with Gasteiger partial charge in [-0.3, -0.25) is 0 Å². The van der Waals surface area contributed by atoms with Gasteiger partial charge in [-0.05, 0) is 24.1 Å². The van der Waals surface area contributed by atoms with Crippen LogP contribution in [0.2, 0.25) is 0 Å². The molecule has 1 unspecified atom stereocenters. The van der Waals surface area contributed by atoms with E-state index in [1.165, 1.54) is 12.1 Å². The van der Waals surface area contributed by atoms with Gasteiger partial charge in [-0.2, -0.15) is 0 Å². The van der Waals surface area contributed by atoms with Gasteiger partial charge in [0.1, 0.15) is 17.1 Å². The number of phenols is 1. The molecule has 88 valence electrons. The first-order chi connectivity index (χ1) is 7.54. The van der Waals surface area contributed by atoms with Crippen LogP contribution in [0.1, 0.15) is 30.6 Å². The molecule has 0 spiro atoms. The third-order valence-corrected chi connectivity index (χ3v) is 2.43. The highest BCUT2D eigenvalue weighted by atomic mass is 16.5. The van der Waals surface area contributed by atoms with Crippen LogP contribution in [0.3, 0.4) is 0 Å². The van der Waals surface area contributed by atoms with Crippen LogP contribution in [-0.2, 0) is 0 Å². The summed E-state index contributed by atoms with van der Waals surface area (Å²) in [5.41, 5.74) is -0.137. The molecule has 0 amide bonds. The zero-order valence-electron chi connectivity index (χ0n) is 9.43. The number of rotatable bonds is 5. The van der Waals surface area contributed by atoms with Crippen LogP contribution in [0.5, 0.6) is 11.5 Å². The SMILES string of the molecule is CCC(C)COc1ccc(O)c(C(=O)O)c1. The van der Waals surface area contributed by atoms with E-state index < -0.39 is 5.97 Å². The van der Waals surface area contributed by atoms with Gasteiger partial charge >= 0.3 is 5.97 Å². The number of carbonyl (C=O) groups is 1. The third-order valence-electron chi connectivity index (χ3n) is 2.43. The molecule has 16 heavy (non-hydrogen) atoms. The normalized spacial score (nSPS) is 12.1. The molecule has 4 nitrogen and oxygen atoms in total. The number of ether oxygens (including phenoxy) is 1. The first-order valence-electron chi connectivity index (χ1n) is 5.23.